The Bertz CT molecular complexity index is 406. The fourth-order valence-corrected chi connectivity index (χ4v) is 2.64. The molecule has 0 bridgehead atoms. The summed E-state index contributed by atoms with van der Waals surface area (Å²) in [7, 11) is 4.19. The number of likely N-dealkylation sites (tertiary alicyclic amines) is 1. The lowest BCUT2D eigenvalue weighted by atomic mass is 10.1. The van der Waals surface area contributed by atoms with Crippen molar-refractivity contribution in [3.05, 3.63) is 29.6 Å². The highest BCUT2D eigenvalue weighted by Gasteiger charge is 2.24. The maximum Gasteiger partial charge on any atom is 0.146 e. The molecule has 1 aromatic rings. The number of hydrogen-bond acceptors (Lipinski definition) is 3. The Kier molecular flexibility index (Phi) is 4.19. The fraction of sp³-hybridized carbons (Fsp3) is 0.571. The van der Waals surface area contributed by atoms with E-state index < -0.39 is 0 Å². The van der Waals surface area contributed by atoms with Crippen LogP contribution in [0.2, 0.25) is 0 Å². The molecule has 0 amide bonds. The Hall–Kier alpha value is -1.13. The van der Waals surface area contributed by atoms with Gasteiger partial charge in [-0.2, -0.15) is 0 Å². The van der Waals surface area contributed by atoms with Crippen molar-refractivity contribution in [1.82, 2.24) is 9.80 Å². The molecular formula is C14H22FN3. The molecule has 1 saturated heterocycles. The summed E-state index contributed by atoms with van der Waals surface area (Å²) in [6.45, 7) is 2.98. The van der Waals surface area contributed by atoms with E-state index in [4.69, 9.17) is 5.73 Å². The molecule has 2 rings (SSSR count). The molecule has 0 saturated carbocycles. The predicted molar refractivity (Wildman–Crippen MR) is 72.8 cm³/mol. The summed E-state index contributed by atoms with van der Waals surface area (Å²) in [5.41, 5.74) is 6.73. The molecule has 1 aliphatic rings. The van der Waals surface area contributed by atoms with Crippen LogP contribution in [0.4, 0.5) is 10.1 Å². The Morgan fingerprint density at radius 2 is 2.22 bits per heavy atom. The van der Waals surface area contributed by atoms with Crippen molar-refractivity contribution in [2.24, 2.45) is 0 Å². The van der Waals surface area contributed by atoms with E-state index in [9.17, 15) is 4.39 Å². The highest BCUT2D eigenvalue weighted by molar-refractivity contribution is 5.41. The van der Waals surface area contributed by atoms with E-state index in [0.717, 1.165) is 25.2 Å². The van der Waals surface area contributed by atoms with Gasteiger partial charge in [0.1, 0.15) is 5.82 Å². The zero-order valence-corrected chi connectivity index (χ0v) is 11.2. The third-order valence-electron chi connectivity index (χ3n) is 3.53. The summed E-state index contributed by atoms with van der Waals surface area (Å²) in [4.78, 5) is 4.65. The van der Waals surface area contributed by atoms with Gasteiger partial charge in [-0.1, -0.05) is 6.07 Å². The maximum absolute atomic E-state index is 13.4. The Morgan fingerprint density at radius 1 is 1.44 bits per heavy atom. The summed E-state index contributed by atoms with van der Waals surface area (Å²) in [6.07, 6.45) is 2.46. The number of halogens is 1. The van der Waals surface area contributed by atoms with Gasteiger partial charge in [-0.25, -0.2) is 4.39 Å². The first-order valence-corrected chi connectivity index (χ1v) is 6.49. The number of rotatable bonds is 4. The first-order chi connectivity index (χ1) is 8.56. The van der Waals surface area contributed by atoms with Crippen LogP contribution >= 0.6 is 0 Å². The number of benzene rings is 1. The third-order valence-corrected chi connectivity index (χ3v) is 3.53. The van der Waals surface area contributed by atoms with Crippen LogP contribution in [0.25, 0.3) is 0 Å². The molecule has 100 valence electrons. The molecule has 3 nitrogen and oxygen atoms in total. The van der Waals surface area contributed by atoms with Crippen LogP contribution in [-0.2, 0) is 6.54 Å². The Labute approximate surface area is 108 Å². The molecule has 0 radical (unpaired) electrons. The minimum absolute atomic E-state index is 0.227. The number of nitrogens with two attached hydrogens (primary N) is 1. The minimum atomic E-state index is -0.309. The van der Waals surface area contributed by atoms with Crippen molar-refractivity contribution in [2.45, 2.75) is 25.4 Å². The average Bonchev–Trinajstić information content (AvgIpc) is 2.70. The molecule has 2 N–H and O–H groups in total. The number of hydrogen-bond donors (Lipinski definition) is 1. The lowest BCUT2D eigenvalue weighted by Crippen LogP contribution is -2.37. The molecule has 18 heavy (non-hydrogen) atoms. The van der Waals surface area contributed by atoms with Crippen molar-refractivity contribution < 1.29 is 4.39 Å². The standard InChI is InChI=1S/C14H22FN3/c1-17(2)10-12-4-3-7-18(12)9-11-5-6-14(16)13(15)8-11/h5-6,8,12H,3-4,7,9-10,16H2,1-2H3. The lowest BCUT2D eigenvalue weighted by molar-refractivity contribution is 0.201. The monoisotopic (exact) mass is 251 g/mol. The molecule has 1 atom stereocenters. The van der Waals surface area contributed by atoms with E-state index >= 15 is 0 Å². The van der Waals surface area contributed by atoms with Crippen LogP contribution in [0.1, 0.15) is 18.4 Å². The van der Waals surface area contributed by atoms with E-state index in [1.807, 2.05) is 6.07 Å². The molecule has 1 aromatic carbocycles. The molecule has 1 fully saturated rings. The zero-order chi connectivity index (χ0) is 13.1. The molecular weight excluding hydrogens is 229 g/mol. The van der Waals surface area contributed by atoms with Crippen molar-refractivity contribution in [1.29, 1.82) is 0 Å². The molecule has 0 aromatic heterocycles. The SMILES string of the molecule is CN(C)CC1CCCN1Cc1ccc(N)c(F)c1. The van der Waals surface area contributed by atoms with E-state index in [0.29, 0.717) is 6.04 Å². The third kappa shape index (κ3) is 3.21. The molecule has 1 heterocycles. The van der Waals surface area contributed by atoms with E-state index in [2.05, 4.69) is 23.9 Å². The van der Waals surface area contributed by atoms with Crippen LogP contribution in [0.15, 0.2) is 18.2 Å². The van der Waals surface area contributed by atoms with E-state index in [-0.39, 0.29) is 11.5 Å². The molecule has 1 unspecified atom stereocenters. The molecule has 1 aliphatic heterocycles. The van der Waals surface area contributed by atoms with Crippen molar-refractivity contribution in [3.8, 4) is 0 Å². The van der Waals surface area contributed by atoms with Gasteiger partial charge in [-0.15, -0.1) is 0 Å². The molecule has 0 aliphatic carbocycles. The maximum atomic E-state index is 13.4. The predicted octanol–water partition coefficient (Wildman–Crippen LogP) is 1.93. The largest absolute Gasteiger partial charge is 0.396 e. The summed E-state index contributed by atoms with van der Waals surface area (Å²) in [6, 6.07) is 5.71. The van der Waals surface area contributed by atoms with Gasteiger partial charge in [-0.3, -0.25) is 4.90 Å². The first kappa shape index (κ1) is 13.3. The second-order valence-corrected chi connectivity index (χ2v) is 5.38. The zero-order valence-electron chi connectivity index (χ0n) is 11.2. The summed E-state index contributed by atoms with van der Waals surface area (Å²) in [5.74, 6) is -0.309. The van der Waals surface area contributed by atoms with Gasteiger partial charge in [0.15, 0.2) is 0 Å². The Balaban J connectivity index is 2.01. The summed E-state index contributed by atoms with van der Waals surface area (Å²) < 4.78 is 13.4. The summed E-state index contributed by atoms with van der Waals surface area (Å²) in [5, 5.41) is 0. The van der Waals surface area contributed by atoms with Crippen molar-refractivity contribution in [2.75, 3.05) is 32.9 Å². The van der Waals surface area contributed by atoms with Gasteiger partial charge in [-0.05, 0) is 51.2 Å². The lowest BCUT2D eigenvalue weighted by Gasteiger charge is -2.27. The van der Waals surface area contributed by atoms with E-state index in [1.54, 1.807) is 12.1 Å². The second kappa shape index (κ2) is 5.67. The van der Waals surface area contributed by atoms with E-state index in [1.165, 1.54) is 12.8 Å². The van der Waals surface area contributed by atoms with Crippen LogP contribution in [0.5, 0.6) is 0 Å². The average molecular weight is 251 g/mol. The quantitative estimate of drug-likeness (QED) is 0.830. The van der Waals surface area contributed by atoms with Crippen LogP contribution in [0, 0.1) is 5.82 Å². The highest BCUT2D eigenvalue weighted by Crippen LogP contribution is 2.21. The smallest absolute Gasteiger partial charge is 0.146 e. The fourth-order valence-electron chi connectivity index (χ4n) is 2.64. The van der Waals surface area contributed by atoms with Crippen molar-refractivity contribution >= 4 is 5.69 Å². The number of likely N-dealkylation sites (N-methyl/N-ethyl adjacent to an activating group) is 1. The van der Waals surface area contributed by atoms with Gasteiger partial charge in [0.25, 0.3) is 0 Å². The second-order valence-electron chi connectivity index (χ2n) is 5.38. The normalized spacial score (nSPS) is 20.8. The highest BCUT2D eigenvalue weighted by atomic mass is 19.1. The molecule has 0 spiro atoms. The topological polar surface area (TPSA) is 32.5 Å². The minimum Gasteiger partial charge on any atom is -0.396 e. The van der Waals surface area contributed by atoms with Crippen LogP contribution in [-0.4, -0.2) is 43.0 Å². The van der Waals surface area contributed by atoms with Crippen molar-refractivity contribution in [3.63, 3.8) is 0 Å². The van der Waals surface area contributed by atoms with Gasteiger partial charge in [0, 0.05) is 19.1 Å². The number of nitrogens with zero attached hydrogens (tertiary/aromatic N) is 2. The number of anilines is 1. The first-order valence-electron chi connectivity index (χ1n) is 6.49. The summed E-state index contributed by atoms with van der Waals surface area (Å²) >= 11 is 0. The number of nitrogen functional groups attached to an aromatic ring is 1. The van der Waals surface area contributed by atoms with Gasteiger partial charge >= 0.3 is 0 Å². The van der Waals surface area contributed by atoms with Crippen LogP contribution in [0.3, 0.4) is 0 Å². The molecule has 4 heteroatoms. The van der Waals surface area contributed by atoms with Gasteiger partial charge < -0.3 is 10.6 Å². The Morgan fingerprint density at radius 3 is 2.89 bits per heavy atom. The van der Waals surface area contributed by atoms with Crippen LogP contribution < -0.4 is 5.73 Å². The van der Waals surface area contributed by atoms with Gasteiger partial charge in [0.2, 0.25) is 0 Å². The van der Waals surface area contributed by atoms with Gasteiger partial charge in [0.05, 0.1) is 5.69 Å².